The van der Waals surface area contributed by atoms with Crippen LogP contribution in [0.25, 0.3) is 0 Å². The molecule has 0 spiro atoms. The molecule has 0 radical (unpaired) electrons. The van der Waals surface area contributed by atoms with Gasteiger partial charge in [-0.2, -0.15) is 0 Å². The Labute approximate surface area is 141 Å². The molecule has 0 aliphatic heterocycles. The van der Waals surface area contributed by atoms with E-state index in [9.17, 15) is 19.2 Å². The van der Waals surface area contributed by atoms with E-state index in [1.807, 2.05) is 13.8 Å². The molecule has 0 fully saturated rings. The van der Waals surface area contributed by atoms with E-state index >= 15 is 0 Å². The van der Waals surface area contributed by atoms with Gasteiger partial charge in [-0.3, -0.25) is 19.2 Å². The molecular weight excluding hydrogens is 320 g/mol. The van der Waals surface area contributed by atoms with Crippen LogP contribution < -0.4 is 5.32 Å². The van der Waals surface area contributed by atoms with E-state index in [2.05, 4.69) is 5.32 Å². The van der Waals surface area contributed by atoms with E-state index in [-0.39, 0.29) is 42.1 Å². The first-order valence-corrected chi connectivity index (χ1v) is 8.77. The third-order valence-corrected chi connectivity index (χ3v) is 4.00. The van der Waals surface area contributed by atoms with Crippen molar-refractivity contribution in [1.82, 2.24) is 10.2 Å². The van der Waals surface area contributed by atoms with Crippen LogP contribution in [0, 0.1) is 0 Å². The molecule has 23 heavy (non-hydrogen) atoms. The highest BCUT2D eigenvalue weighted by atomic mass is 32.2. The zero-order valence-corrected chi connectivity index (χ0v) is 15.0. The smallest absolute Gasteiger partial charge is 0.314 e. The number of carbonyl (C=O) groups excluding carboxylic acids is 4. The standard InChI is InChI=1S/C15H26N2O5S/c1-5-12(18)16-11(15(21)17(6-2)7-3)10-23-14(20)9-13(19)22-8-4/h11H,5-10H2,1-4H3,(H,16,18). The average molecular weight is 346 g/mol. The largest absolute Gasteiger partial charge is 0.466 e. The van der Waals surface area contributed by atoms with Crippen LogP contribution in [-0.2, 0) is 23.9 Å². The van der Waals surface area contributed by atoms with Gasteiger partial charge < -0.3 is 15.0 Å². The van der Waals surface area contributed by atoms with Gasteiger partial charge in [0.15, 0.2) is 5.12 Å². The van der Waals surface area contributed by atoms with Crippen LogP contribution in [-0.4, -0.2) is 59.3 Å². The Morgan fingerprint density at radius 2 is 1.70 bits per heavy atom. The molecular formula is C15H26N2O5S. The first-order valence-electron chi connectivity index (χ1n) is 7.78. The number of esters is 1. The van der Waals surface area contributed by atoms with Crippen molar-refractivity contribution in [2.24, 2.45) is 0 Å². The molecule has 0 aliphatic carbocycles. The predicted molar refractivity (Wildman–Crippen MR) is 88.9 cm³/mol. The SMILES string of the molecule is CCOC(=O)CC(=O)SCC(NC(=O)CC)C(=O)N(CC)CC. The summed E-state index contributed by atoms with van der Waals surface area (Å²) in [6.07, 6.45) is -0.0874. The molecule has 0 aromatic carbocycles. The van der Waals surface area contributed by atoms with Gasteiger partial charge in [0.1, 0.15) is 12.5 Å². The molecule has 0 saturated heterocycles. The minimum Gasteiger partial charge on any atom is -0.466 e. The average Bonchev–Trinajstić information content (AvgIpc) is 2.52. The van der Waals surface area contributed by atoms with Crippen LogP contribution in [0.4, 0.5) is 0 Å². The lowest BCUT2D eigenvalue weighted by Gasteiger charge is -2.25. The van der Waals surface area contributed by atoms with Crippen molar-refractivity contribution in [2.75, 3.05) is 25.4 Å². The molecule has 0 rings (SSSR count). The number of ether oxygens (including phenoxy) is 1. The number of hydrogen-bond donors (Lipinski definition) is 1. The summed E-state index contributed by atoms with van der Waals surface area (Å²) in [5.74, 6) is -0.976. The quantitative estimate of drug-likeness (QED) is 0.468. The van der Waals surface area contributed by atoms with E-state index < -0.39 is 12.0 Å². The molecule has 0 bridgehead atoms. The zero-order chi connectivity index (χ0) is 17.8. The van der Waals surface area contributed by atoms with Crippen molar-refractivity contribution in [2.45, 2.75) is 46.6 Å². The van der Waals surface area contributed by atoms with Crippen molar-refractivity contribution < 1.29 is 23.9 Å². The number of carbonyl (C=O) groups is 4. The lowest BCUT2D eigenvalue weighted by molar-refractivity contribution is -0.144. The van der Waals surface area contributed by atoms with E-state index in [0.29, 0.717) is 13.1 Å². The molecule has 0 aliphatic rings. The Morgan fingerprint density at radius 1 is 1.09 bits per heavy atom. The first kappa shape index (κ1) is 21.4. The highest BCUT2D eigenvalue weighted by Gasteiger charge is 2.25. The summed E-state index contributed by atoms with van der Waals surface area (Å²) in [6, 6.07) is -0.779. The summed E-state index contributed by atoms with van der Waals surface area (Å²) in [5, 5.41) is 2.25. The Hall–Kier alpha value is -1.57. The van der Waals surface area contributed by atoms with Crippen molar-refractivity contribution >= 4 is 34.7 Å². The molecule has 132 valence electrons. The van der Waals surface area contributed by atoms with Crippen molar-refractivity contribution in [3.63, 3.8) is 0 Å². The van der Waals surface area contributed by atoms with Crippen LogP contribution in [0.1, 0.15) is 40.5 Å². The number of rotatable bonds is 10. The number of nitrogens with one attached hydrogen (secondary N) is 1. The lowest BCUT2D eigenvalue weighted by Crippen LogP contribution is -2.50. The Kier molecular flexibility index (Phi) is 11.1. The van der Waals surface area contributed by atoms with Crippen LogP contribution in [0.2, 0.25) is 0 Å². The Morgan fingerprint density at radius 3 is 2.17 bits per heavy atom. The van der Waals surface area contributed by atoms with Crippen molar-refractivity contribution in [1.29, 1.82) is 0 Å². The van der Waals surface area contributed by atoms with Gasteiger partial charge in [-0.05, 0) is 20.8 Å². The molecule has 2 amide bonds. The molecule has 7 nitrogen and oxygen atoms in total. The molecule has 8 heteroatoms. The summed E-state index contributed by atoms with van der Waals surface area (Å²) in [4.78, 5) is 48.6. The van der Waals surface area contributed by atoms with Gasteiger partial charge in [0.2, 0.25) is 11.8 Å². The summed E-state index contributed by atoms with van der Waals surface area (Å²) in [6.45, 7) is 8.30. The maximum Gasteiger partial charge on any atom is 0.314 e. The third-order valence-electron chi connectivity index (χ3n) is 3.03. The van der Waals surface area contributed by atoms with E-state index in [1.54, 1.807) is 18.7 Å². The minimum absolute atomic E-state index is 0.0965. The molecule has 0 aromatic heterocycles. The van der Waals surface area contributed by atoms with E-state index in [0.717, 1.165) is 11.8 Å². The Bertz CT molecular complexity index is 424. The highest BCUT2D eigenvalue weighted by molar-refractivity contribution is 8.13. The van der Waals surface area contributed by atoms with Gasteiger partial charge in [0.25, 0.3) is 0 Å². The summed E-state index contributed by atoms with van der Waals surface area (Å²) >= 11 is 0.856. The van der Waals surface area contributed by atoms with Crippen molar-refractivity contribution in [3.8, 4) is 0 Å². The summed E-state index contributed by atoms with van der Waals surface area (Å²) < 4.78 is 4.70. The second kappa shape index (κ2) is 11.9. The molecule has 0 aromatic rings. The fourth-order valence-corrected chi connectivity index (χ4v) is 2.58. The zero-order valence-electron chi connectivity index (χ0n) is 14.2. The second-order valence-electron chi connectivity index (χ2n) is 4.65. The molecule has 0 saturated carbocycles. The summed E-state index contributed by atoms with van der Waals surface area (Å²) in [7, 11) is 0. The van der Waals surface area contributed by atoms with E-state index in [4.69, 9.17) is 4.74 Å². The van der Waals surface area contributed by atoms with Gasteiger partial charge >= 0.3 is 5.97 Å². The van der Waals surface area contributed by atoms with Crippen LogP contribution in [0.3, 0.4) is 0 Å². The van der Waals surface area contributed by atoms with Gasteiger partial charge in [-0.15, -0.1) is 0 Å². The van der Waals surface area contributed by atoms with Gasteiger partial charge in [-0.1, -0.05) is 18.7 Å². The van der Waals surface area contributed by atoms with Crippen LogP contribution in [0.5, 0.6) is 0 Å². The molecule has 1 N–H and O–H groups in total. The normalized spacial score (nSPS) is 11.5. The molecule has 0 heterocycles. The van der Waals surface area contributed by atoms with Crippen LogP contribution in [0.15, 0.2) is 0 Å². The molecule has 1 atom stereocenters. The predicted octanol–water partition coefficient (Wildman–Crippen LogP) is 0.963. The second-order valence-corrected chi connectivity index (χ2v) is 5.73. The summed E-state index contributed by atoms with van der Waals surface area (Å²) in [5.41, 5.74) is 0. The highest BCUT2D eigenvalue weighted by Crippen LogP contribution is 2.11. The minimum atomic E-state index is -0.779. The lowest BCUT2D eigenvalue weighted by atomic mass is 10.2. The maximum absolute atomic E-state index is 12.4. The number of nitrogens with zero attached hydrogens (tertiary/aromatic N) is 1. The van der Waals surface area contributed by atoms with Crippen LogP contribution >= 0.6 is 11.8 Å². The first-order chi connectivity index (χ1) is 10.9. The maximum atomic E-state index is 12.4. The third kappa shape index (κ3) is 8.59. The molecule has 1 unspecified atom stereocenters. The van der Waals surface area contributed by atoms with Gasteiger partial charge in [0, 0.05) is 25.3 Å². The number of hydrogen-bond acceptors (Lipinski definition) is 6. The number of amides is 2. The van der Waals surface area contributed by atoms with E-state index in [1.165, 1.54) is 0 Å². The topological polar surface area (TPSA) is 92.8 Å². The monoisotopic (exact) mass is 346 g/mol. The number of likely N-dealkylation sites (N-methyl/N-ethyl adjacent to an activating group) is 1. The fourth-order valence-electron chi connectivity index (χ4n) is 1.78. The van der Waals surface area contributed by atoms with Gasteiger partial charge in [0.05, 0.1) is 6.61 Å². The van der Waals surface area contributed by atoms with Crippen molar-refractivity contribution in [3.05, 3.63) is 0 Å². The fraction of sp³-hybridized carbons (Fsp3) is 0.733. The van der Waals surface area contributed by atoms with Gasteiger partial charge in [-0.25, -0.2) is 0 Å². The Balaban J connectivity index is 4.69. The number of thioether (sulfide) groups is 1.